The molecule has 2 heterocycles. The van der Waals surface area contributed by atoms with E-state index in [9.17, 15) is 4.79 Å². The van der Waals surface area contributed by atoms with Crippen molar-refractivity contribution in [3.63, 3.8) is 0 Å². The Kier molecular flexibility index (Phi) is 3.73. The molecule has 124 valence electrons. The summed E-state index contributed by atoms with van der Waals surface area (Å²) in [5.41, 5.74) is 5.89. The van der Waals surface area contributed by atoms with E-state index in [0.717, 1.165) is 16.8 Å². The highest BCUT2D eigenvalue weighted by atomic mass is 16.1. The number of benzene rings is 2. The predicted molar refractivity (Wildman–Crippen MR) is 99.9 cm³/mol. The van der Waals surface area contributed by atoms with Crippen molar-refractivity contribution in [3.8, 4) is 11.3 Å². The van der Waals surface area contributed by atoms with E-state index in [0.29, 0.717) is 12.1 Å². The van der Waals surface area contributed by atoms with Crippen molar-refractivity contribution in [2.45, 2.75) is 20.4 Å². The van der Waals surface area contributed by atoms with Crippen molar-refractivity contribution in [1.29, 1.82) is 0 Å². The van der Waals surface area contributed by atoms with E-state index in [-0.39, 0.29) is 5.56 Å². The number of aryl methyl sites for hydroxylation is 2. The molecule has 0 aliphatic heterocycles. The number of aromatic nitrogens is 3. The molecule has 0 amide bonds. The normalized spacial score (nSPS) is 11.1. The maximum Gasteiger partial charge on any atom is 0.276 e. The van der Waals surface area contributed by atoms with Gasteiger partial charge in [-0.25, -0.2) is 4.52 Å². The molecule has 4 aromatic rings. The third kappa shape index (κ3) is 2.98. The minimum atomic E-state index is -0.0325. The van der Waals surface area contributed by atoms with Crippen LogP contribution in [0.5, 0.6) is 0 Å². The third-order valence-corrected chi connectivity index (χ3v) is 4.39. The standard InChI is InChI=1S/C21H19N3O/c1-15-6-8-18(9-7-15)19-13-20-21(25)23(10-11-24(20)22-19)14-17-5-3-4-16(2)12-17/h3-13H,14H2,1-2H3. The van der Waals surface area contributed by atoms with Gasteiger partial charge in [0.05, 0.1) is 12.2 Å². The van der Waals surface area contributed by atoms with E-state index in [2.05, 4.69) is 43.2 Å². The summed E-state index contributed by atoms with van der Waals surface area (Å²) in [6, 6.07) is 18.2. The lowest BCUT2D eigenvalue weighted by Crippen LogP contribution is -2.21. The molecule has 0 fully saturated rings. The molecule has 0 unspecified atom stereocenters. The van der Waals surface area contributed by atoms with E-state index in [1.54, 1.807) is 15.3 Å². The highest BCUT2D eigenvalue weighted by Gasteiger charge is 2.09. The van der Waals surface area contributed by atoms with E-state index in [1.165, 1.54) is 11.1 Å². The van der Waals surface area contributed by atoms with Crippen LogP contribution in [0.15, 0.2) is 71.8 Å². The summed E-state index contributed by atoms with van der Waals surface area (Å²) in [4.78, 5) is 12.8. The molecule has 0 bridgehead atoms. The van der Waals surface area contributed by atoms with Crippen molar-refractivity contribution in [1.82, 2.24) is 14.2 Å². The summed E-state index contributed by atoms with van der Waals surface area (Å²) >= 11 is 0. The average Bonchev–Trinajstić information content (AvgIpc) is 3.03. The van der Waals surface area contributed by atoms with Crippen LogP contribution in [-0.2, 0) is 6.54 Å². The lowest BCUT2D eigenvalue weighted by molar-refractivity contribution is 0.742. The monoisotopic (exact) mass is 329 g/mol. The van der Waals surface area contributed by atoms with Crippen LogP contribution in [0.2, 0.25) is 0 Å². The van der Waals surface area contributed by atoms with E-state index >= 15 is 0 Å². The molecule has 25 heavy (non-hydrogen) atoms. The SMILES string of the molecule is Cc1ccc(-c2cc3c(=O)n(Cc4cccc(C)c4)ccn3n2)cc1. The van der Waals surface area contributed by atoms with E-state index < -0.39 is 0 Å². The summed E-state index contributed by atoms with van der Waals surface area (Å²) in [5.74, 6) is 0. The largest absolute Gasteiger partial charge is 0.308 e. The van der Waals surface area contributed by atoms with Crippen molar-refractivity contribution >= 4 is 5.52 Å². The Labute approximate surface area is 146 Å². The van der Waals surface area contributed by atoms with Gasteiger partial charge in [-0.05, 0) is 25.5 Å². The molecule has 0 saturated carbocycles. The molecule has 4 heteroatoms. The topological polar surface area (TPSA) is 39.3 Å². The number of hydrogen-bond donors (Lipinski definition) is 0. The van der Waals surface area contributed by atoms with Crippen LogP contribution in [0.1, 0.15) is 16.7 Å². The second-order valence-corrected chi connectivity index (χ2v) is 6.45. The predicted octanol–water partition coefficient (Wildman–Crippen LogP) is 3.83. The van der Waals surface area contributed by atoms with E-state index in [1.807, 2.05) is 36.5 Å². The zero-order valence-corrected chi connectivity index (χ0v) is 14.3. The molecule has 0 spiro atoms. The van der Waals surface area contributed by atoms with Crippen LogP contribution >= 0.6 is 0 Å². The maximum atomic E-state index is 12.8. The molecule has 0 atom stereocenters. The molecule has 0 aliphatic rings. The van der Waals surface area contributed by atoms with E-state index in [4.69, 9.17) is 0 Å². The van der Waals surface area contributed by atoms with Gasteiger partial charge in [0.2, 0.25) is 0 Å². The van der Waals surface area contributed by atoms with Crippen LogP contribution in [-0.4, -0.2) is 14.2 Å². The Morgan fingerprint density at radius 1 is 0.920 bits per heavy atom. The lowest BCUT2D eigenvalue weighted by Gasteiger charge is -2.06. The molecule has 0 aliphatic carbocycles. The molecule has 0 N–H and O–H groups in total. The van der Waals surface area contributed by atoms with Crippen LogP contribution in [0, 0.1) is 13.8 Å². The van der Waals surface area contributed by atoms with Gasteiger partial charge in [0, 0.05) is 18.0 Å². The van der Waals surface area contributed by atoms with Crippen molar-refractivity contribution in [2.24, 2.45) is 0 Å². The molecule has 2 aromatic carbocycles. The Morgan fingerprint density at radius 3 is 2.48 bits per heavy atom. The van der Waals surface area contributed by atoms with Gasteiger partial charge in [-0.15, -0.1) is 0 Å². The highest BCUT2D eigenvalue weighted by Crippen LogP contribution is 2.19. The first-order valence-electron chi connectivity index (χ1n) is 8.31. The number of rotatable bonds is 3. The number of fused-ring (bicyclic) bond motifs is 1. The molecular weight excluding hydrogens is 310 g/mol. The second-order valence-electron chi connectivity index (χ2n) is 6.45. The smallest absolute Gasteiger partial charge is 0.276 e. The zero-order valence-electron chi connectivity index (χ0n) is 14.3. The second kappa shape index (κ2) is 6.06. The zero-order chi connectivity index (χ0) is 17.4. The fourth-order valence-electron chi connectivity index (χ4n) is 3.02. The van der Waals surface area contributed by atoms with Crippen LogP contribution < -0.4 is 5.56 Å². The third-order valence-electron chi connectivity index (χ3n) is 4.39. The first-order chi connectivity index (χ1) is 12.1. The summed E-state index contributed by atoms with van der Waals surface area (Å²) in [6.07, 6.45) is 3.63. The summed E-state index contributed by atoms with van der Waals surface area (Å²) in [6.45, 7) is 4.67. The van der Waals surface area contributed by atoms with Crippen molar-refractivity contribution in [3.05, 3.63) is 94.0 Å². The van der Waals surface area contributed by atoms with Crippen LogP contribution in [0.4, 0.5) is 0 Å². The number of hydrogen-bond acceptors (Lipinski definition) is 2. The lowest BCUT2D eigenvalue weighted by atomic mass is 10.1. The van der Waals surface area contributed by atoms with Gasteiger partial charge < -0.3 is 4.57 Å². The van der Waals surface area contributed by atoms with Gasteiger partial charge in [-0.3, -0.25) is 4.79 Å². The van der Waals surface area contributed by atoms with Gasteiger partial charge in [0.25, 0.3) is 5.56 Å². The molecule has 4 rings (SSSR count). The Hall–Kier alpha value is -3.14. The highest BCUT2D eigenvalue weighted by molar-refractivity contribution is 5.65. The van der Waals surface area contributed by atoms with Crippen LogP contribution in [0.3, 0.4) is 0 Å². The maximum absolute atomic E-state index is 12.8. The van der Waals surface area contributed by atoms with Gasteiger partial charge in [0.1, 0.15) is 5.52 Å². The summed E-state index contributed by atoms with van der Waals surface area (Å²) in [7, 11) is 0. The Balaban J connectivity index is 1.75. The van der Waals surface area contributed by atoms with Crippen LogP contribution in [0.25, 0.3) is 16.8 Å². The molecule has 0 saturated heterocycles. The molecule has 2 aromatic heterocycles. The fraction of sp³-hybridized carbons (Fsp3) is 0.143. The first-order valence-corrected chi connectivity index (χ1v) is 8.31. The summed E-state index contributed by atoms with van der Waals surface area (Å²) < 4.78 is 3.38. The number of nitrogens with zero attached hydrogens (tertiary/aromatic N) is 3. The van der Waals surface area contributed by atoms with Gasteiger partial charge >= 0.3 is 0 Å². The quantitative estimate of drug-likeness (QED) is 0.573. The fourth-order valence-corrected chi connectivity index (χ4v) is 3.02. The Bertz CT molecular complexity index is 1100. The summed E-state index contributed by atoms with van der Waals surface area (Å²) in [5, 5.41) is 4.54. The van der Waals surface area contributed by atoms with Gasteiger partial charge in [-0.1, -0.05) is 59.7 Å². The van der Waals surface area contributed by atoms with Crippen molar-refractivity contribution < 1.29 is 0 Å². The average molecular weight is 329 g/mol. The van der Waals surface area contributed by atoms with Crippen molar-refractivity contribution in [2.75, 3.05) is 0 Å². The Morgan fingerprint density at radius 2 is 1.72 bits per heavy atom. The minimum absolute atomic E-state index is 0.0325. The van der Waals surface area contributed by atoms with Gasteiger partial charge in [-0.2, -0.15) is 5.10 Å². The first kappa shape index (κ1) is 15.4. The minimum Gasteiger partial charge on any atom is -0.308 e. The molecule has 4 nitrogen and oxygen atoms in total. The molecular formula is C21H19N3O. The molecule has 0 radical (unpaired) electrons. The van der Waals surface area contributed by atoms with Gasteiger partial charge in [0.15, 0.2) is 0 Å².